The first-order valence-corrected chi connectivity index (χ1v) is 5.65. The summed E-state index contributed by atoms with van der Waals surface area (Å²) in [5.74, 6) is -3.38. The van der Waals surface area contributed by atoms with E-state index >= 15 is 0 Å². The highest BCUT2D eigenvalue weighted by atomic mass is 19.1. The Morgan fingerprint density at radius 1 is 1.45 bits per heavy atom. The first-order chi connectivity index (χ1) is 9.43. The number of hydrogen-bond donors (Lipinski definition) is 2. The van der Waals surface area contributed by atoms with Crippen LogP contribution < -0.4 is 5.32 Å². The smallest absolute Gasteiger partial charge is 0.326 e. The van der Waals surface area contributed by atoms with Crippen LogP contribution in [0.3, 0.4) is 0 Å². The van der Waals surface area contributed by atoms with Crippen molar-refractivity contribution in [3.8, 4) is 0 Å². The van der Waals surface area contributed by atoms with E-state index in [-0.39, 0.29) is 18.4 Å². The Hall–Kier alpha value is -2.51. The molecule has 1 aromatic rings. The number of carbonyl (C=O) groups excluding carboxylic acids is 2. The molecule has 2 N–H and O–H groups in total. The second kappa shape index (κ2) is 7.17. The van der Waals surface area contributed by atoms with Gasteiger partial charge in [-0.3, -0.25) is 14.6 Å². The van der Waals surface area contributed by atoms with Gasteiger partial charge >= 0.3 is 11.9 Å². The van der Waals surface area contributed by atoms with Gasteiger partial charge in [-0.2, -0.15) is 0 Å². The number of carboxylic acids is 1. The average molecular weight is 284 g/mol. The van der Waals surface area contributed by atoms with Gasteiger partial charge in [0.2, 0.25) is 0 Å². The lowest BCUT2D eigenvalue weighted by Crippen LogP contribution is -2.41. The lowest BCUT2D eigenvalue weighted by atomic mass is 10.1. The van der Waals surface area contributed by atoms with Crippen molar-refractivity contribution >= 4 is 17.8 Å². The summed E-state index contributed by atoms with van der Waals surface area (Å²) in [5.41, 5.74) is -0.102. The van der Waals surface area contributed by atoms with E-state index in [0.717, 1.165) is 18.5 Å². The minimum atomic E-state index is -1.30. The predicted octanol–water partition coefficient (Wildman–Crippen LogP) is 0.357. The lowest BCUT2D eigenvalue weighted by molar-refractivity contribution is -0.142. The molecule has 1 amide bonds. The summed E-state index contributed by atoms with van der Waals surface area (Å²) in [7, 11) is 1.18. The van der Waals surface area contributed by atoms with Crippen molar-refractivity contribution in [2.24, 2.45) is 0 Å². The highest BCUT2D eigenvalue weighted by Gasteiger charge is 2.22. The highest BCUT2D eigenvalue weighted by Crippen LogP contribution is 2.04. The predicted molar refractivity (Wildman–Crippen MR) is 64.3 cm³/mol. The van der Waals surface area contributed by atoms with Gasteiger partial charge in [-0.15, -0.1) is 0 Å². The number of amides is 1. The van der Waals surface area contributed by atoms with Gasteiger partial charge in [-0.25, -0.2) is 9.18 Å². The molecule has 0 aromatic carbocycles. The van der Waals surface area contributed by atoms with E-state index in [1.54, 1.807) is 0 Å². The number of methoxy groups -OCH3 is 1. The first-order valence-electron chi connectivity index (χ1n) is 5.65. The van der Waals surface area contributed by atoms with Crippen LogP contribution in [0.15, 0.2) is 18.5 Å². The zero-order chi connectivity index (χ0) is 15.1. The number of esters is 1. The molecule has 8 heteroatoms. The van der Waals surface area contributed by atoms with Gasteiger partial charge in [-0.05, 0) is 12.5 Å². The summed E-state index contributed by atoms with van der Waals surface area (Å²) < 4.78 is 17.3. The van der Waals surface area contributed by atoms with Crippen LogP contribution in [0, 0.1) is 5.82 Å². The molecule has 0 aliphatic carbocycles. The van der Waals surface area contributed by atoms with Crippen LogP contribution in [0.1, 0.15) is 23.2 Å². The summed E-state index contributed by atoms with van der Waals surface area (Å²) in [6, 6.07) is -0.341. The molecule has 0 radical (unpaired) electrons. The number of carboxylic acid groups (broad SMARTS) is 1. The second-order valence-electron chi connectivity index (χ2n) is 3.87. The van der Waals surface area contributed by atoms with Gasteiger partial charge in [0.25, 0.3) is 5.91 Å². The minimum absolute atomic E-state index is 0.102. The number of aromatic nitrogens is 1. The van der Waals surface area contributed by atoms with Gasteiger partial charge in [0, 0.05) is 12.6 Å². The molecule has 0 aliphatic heterocycles. The maximum absolute atomic E-state index is 12.9. The largest absolute Gasteiger partial charge is 0.480 e. The van der Waals surface area contributed by atoms with Crippen molar-refractivity contribution in [2.75, 3.05) is 7.11 Å². The Kier molecular flexibility index (Phi) is 5.57. The molecule has 7 nitrogen and oxygen atoms in total. The molecule has 0 bridgehead atoms. The second-order valence-corrected chi connectivity index (χ2v) is 3.87. The number of hydrogen-bond acceptors (Lipinski definition) is 5. The third-order valence-electron chi connectivity index (χ3n) is 2.44. The number of nitrogens with zero attached hydrogens (tertiary/aromatic N) is 1. The quantitative estimate of drug-likeness (QED) is 0.730. The van der Waals surface area contributed by atoms with E-state index in [1.165, 1.54) is 7.11 Å². The maximum Gasteiger partial charge on any atom is 0.326 e. The van der Waals surface area contributed by atoms with Crippen molar-refractivity contribution in [2.45, 2.75) is 18.9 Å². The van der Waals surface area contributed by atoms with Crippen LogP contribution in [0.5, 0.6) is 0 Å². The summed E-state index contributed by atoms with van der Waals surface area (Å²) >= 11 is 0. The normalized spacial score (nSPS) is 11.5. The molecule has 0 fully saturated rings. The van der Waals surface area contributed by atoms with Crippen LogP contribution in [-0.4, -0.2) is 41.1 Å². The fourth-order valence-corrected chi connectivity index (χ4v) is 1.40. The van der Waals surface area contributed by atoms with Crippen LogP contribution in [0.25, 0.3) is 0 Å². The number of aliphatic carboxylic acids is 1. The molecule has 108 valence electrons. The molecular weight excluding hydrogens is 271 g/mol. The Labute approximate surface area is 113 Å². The SMILES string of the molecule is COC(=O)CC[C@@H](NC(=O)c1cncc(F)c1)C(=O)O. The van der Waals surface area contributed by atoms with Crippen molar-refractivity contribution in [1.82, 2.24) is 10.3 Å². The molecule has 1 rings (SSSR count). The number of pyridine rings is 1. The number of halogens is 1. The lowest BCUT2D eigenvalue weighted by Gasteiger charge is -2.13. The number of nitrogens with one attached hydrogen (secondary N) is 1. The topological polar surface area (TPSA) is 106 Å². The van der Waals surface area contributed by atoms with Gasteiger partial charge in [0.1, 0.15) is 11.9 Å². The molecule has 0 aliphatic rings. The number of ether oxygens (including phenoxy) is 1. The third-order valence-corrected chi connectivity index (χ3v) is 2.44. The molecule has 1 aromatic heterocycles. The summed E-state index contributed by atoms with van der Waals surface area (Å²) in [6.45, 7) is 0. The summed E-state index contributed by atoms with van der Waals surface area (Å²) in [5, 5.41) is 11.1. The third kappa shape index (κ3) is 4.63. The number of rotatable bonds is 6. The zero-order valence-corrected chi connectivity index (χ0v) is 10.6. The average Bonchev–Trinajstić information content (AvgIpc) is 2.42. The Morgan fingerprint density at radius 3 is 2.70 bits per heavy atom. The monoisotopic (exact) mass is 284 g/mol. The summed E-state index contributed by atoms with van der Waals surface area (Å²) in [4.78, 5) is 37.1. The van der Waals surface area contributed by atoms with E-state index in [0.29, 0.717) is 0 Å². The Bertz CT molecular complexity index is 520. The molecule has 1 atom stereocenters. The van der Waals surface area contributed by atoms with Crippen molar-refractivity contribution in [3.05, 3.63) is 29.8 Å². The Morgan fingerprint density at radius 2 is 2.15 bits per heavy atom. The molecule has 20 heavy (non-hydrogen) atoms. The van der Waals surface area contributed by atoms with E-state index in [2.05, 4.69) is 15.0 Å². The standard InChI is InChI=1S/C12H13FN2O5/c1-20-10(16)3-2-9(12(18)19)15-11(17)7-4-8(13)6-14-5-7/h4-6,9H,2-3H2,1H3,(H,15,17)(H,18,19)/t9-/m1/s1. The summed E-state index contributed by atoms with van der Waals surface area (Å²) in [6.07, 6.45) is 1.74. The first kappa shape index (κ1) is 15.5. The van der Waals surface area contributed by atoms with Crippen molar-refractivity contribution in [1.29, 1.82) is 0 Å². The van der Waals surface area contributed by atoms with E-state index in [1.807, 2.05) is 0 Å². The zero-order valence-electron chi connectivity index (χ0n) is 10.6. The molecule has 0 saturated carbocycles. The minimum Gasteiger partial charge on any atom is -0.480 e. The van der Waals surface area contributed by atoms with Crippen LogP contribution in [0.4, 0.5) is 4.39 Å². The Balaban J connectivity index is 2.68. The van der Waals surface area contributed by atoms with E-state index in [9.17, 15) is 18.8 Å². The maximum atomic E-state index is 12.9. The number of carbonyl (C=O) groups is 3. The van der Waals surface area contributed by atoms with E-state index < -0.39 is 29.7 Å². The van der Waals surface area contributed by atoms with Crippen LogP contribution in [0.2, 0.25) is 0 Å². The van der Waals surface area contributed by atoms with Gasteiger partial charge in [0.05, 0.1) is 18.9 Å². The van der Waals surface area contributed by atoms with Gasteiger partial charge in [-0.1, -0.05) is 0 Å². The fourth-order valence-electron chi connectivity index (χ4n) is 1.40. The molecule has 0 unspecified atom stereocenters. The molecular formula is C12H13FN2O5. The fraction of sp³-hybridized carbons (Fsp3) is 0.333. The van der Waals surface area contributed by atoms with E-state index in [4.69, 9.17) is 5.11 Å². The van der Waals surface area contributed by atoms with Gasteiger partial charge in [0.15, 0.2) is 0 Å². The van der Waals surface area contributed by atoms with Crippen molar-refractivity contribution < 1.29 is 28.6 Å². The van der Waals surface area contributed by atoms with Crippen LogP contribution >= 0.6 is 0 Å². The van der Waals surface area contributed by atoms with Gasteiger partial charge < -0.3 is 15.2 Å². The molecule has 1 heterocycles. The molecule has 0 saturated heterocycles. The molecule has 0 spiro atoms. The van der Waals surface area contributed by atoms with Crippen molar-refractivity contribution in [3.63, 3.8) is 0 Å². The van der Waals surface area contributed by atoms with Crippen LogP contribution in [-0.2, 0) is 14.3 Å². The highest BCUT2D eigenvalue weighted by molar-refractivity contribution is 5.96.